The van der Waals surface area contributed by atoms with Crippen LogP contribution < -0.4 is 5.32 Å². The van der Waals surface area contributed by atoms with Gasteiger partial charge >= 0.3 is 0 Å². The summed E-state index contributed by atoms with van der Waals surface area (Å²) >= 11 is 1.57. The molecule has 1 atom stereocenters. The number of pyridine rings is 2. The van der Waals surface area contributed by atoms with Crippen molar-refractivity contribution in [2.75, 3.05) is 0 Å². The summed E-state index contributed by atoms with van der Waals surface area (Å²) in [6.07, 6.45) is 3.49. The number of nitrogens with one attached hydrogen (secondary N) is 1. The fourth-order valence-electron chi connectivity index (χ4n) is 2.19. The number of hydrogen-bond acceptors (Lipinski definition) is 4. The minimum absolute atomic E-state index is 0.109. The van der Waals surface area contributed by atoms with Crippen LogP contribution in [-0.2, 0) is 0 Å². The van der Waals surface area contributed by atoms with Gasteiger partial charge in [0.15, 0.2) is 0 Å². The van der Waals surface area contributed by atoms with Crippen molar-refractivity contribution >= 4 is 17.7 Å². The van der Waals surface area contributed by atoms with Crippen LogP contribution in [0.3, 0.4) is 0 Å². The van der Waals surface area contributed by atoms with E-state index in [9.17, 15) is 4.79 Å². The molecule has 3 aromatic rings. The normalized spacial score (nSPS) is 11.7. The third-order valence-electron chi connectivity index (χ3n) is 3.46. The van der Waals surface area contributed by atoms with E-state index in [4.69, 9.17) is 0 Å². The monoisotopic (exact) mass is 335 g/mol. The van der Waals surface area contributed by atoms with Gasteiger partial charge in [0.05, 0.1) is 11.7 Å². The second-order valence-corrected chi connectivity index (χ2v) is 6.34. The highest BCUT2D eigenvalue weighted by Crippen LogP contribution is 2.25. The van der Waals surface area contributed by atoms with Gasteiger partial charge in [-0.15, -0.1) is 0 Å². The molecule has 1 N–H and O–H groups in total. The number of aromatic nitrogens is 2. The Bertz CT molecular complexity index is 792. The molecule has 0 aliphatic heterocycles. The molecule has 5 heteroatoms. The first-order chi connectivity index (χ1) is 11.7. The van der Waals surface area contributed by atoms with Crippen molar-refractivity contribution in [1.82, 2.24) is 15.3 Å². The van der Waals surface area contributed by atoms with Crippen molar-refractivity contribution in [3.05, 3.63) is 84.3 Å². The summed E-state index contributed by atoms with van der Waals surface area (Å²) < 4.78 is 0. The quantitative estimate of drug-likeness (QED) is 0.762. The van der Waals surface area contributed by atoms with E-state index in [-0.39, 0.29) is 11.9 Å². The van der Waals surface area contributed by atoms with E-state index in [0.717, 1.165) is 15.6 Å². The molecule has 0 bridgehead atoms. The average Bonchev–Trinajstić information content (AvgIpc) is 2.64. The Morgan fingerprint density at radius 1 is 0.958 bits per heavy atom. The maximum absolute atomic E-state index is 12.3. The molecule has 0 saturated heterocycles. The Morgan fingerprint density at radius 2 is 1.67 bits per heavy atom. The van der Waals surface area contributed by atoms with E-state index < -0.39 is 0 Å². The van der Waals surface area contributed by atoms with E-state index in [1.165, 1.54) is 0 Å². The molecule has 4 nitrogen and oxygen atoms in total. The highest BCUT2D eigenvalue weighted by Gasteiger charge is 2.12. The van der Waals surface area contributed by atoms with Crippen LogP contribution in [0.2, 0.25) is 0 Å². The first kappa shape index (κ1) is 16.2. The van der Waals surface area contributed by atoms with Crippen molar-refractivity contribution in [2.45, 2.75) is 22.9 Å². The molecule has 0 unspecified atom stereocenters. The lowest BCUT2D eigenvalue weighted by molar-refractivity contribution is 0.0939. The molecule has 120 valence electrons. The molecule has 2 heterocycles. The van der Waals surface area contributed by atoms with Gasteiger partial charge in [0.1, 0.15) is 5.03 Å². The fourth-order valence-corrected chi connectivity index (χ4v) is 2.96. The van der Waals surface area contributed by atoms with Crippen LogP contribution in [-0.4, -0.2) is 15.9 Å². The maximum Gasteiger partial charge on any atom is 0.251 e. The van der Waals surface area contributed by atoms with Gasteiger partial charge in [0, 0.05) is 22.9 Å². The van der Waals surface area contributed by atoms with Crippen molar-refractivity contribution in [3.63, 3.8) is 0 Å². The largest absolute Gasteiger partial charge is 0.344 e. The van der Waals surface area contributed by atoms with Gasteiger partial charge in [-0.05, 0) is 55.5 Å². The van der Waals surface area contributed by atoms with Crippen LogP contribution in [0.25, 0.3) is 0 Å². The highest BCUT2D eigenvalue weighted by atomic mass is 32.2. The van der Waals surface area contributed by atoms with Gasteiger partial charge in [-0.2, -0.15) is 0 Å². The Kier molecular flexibility index (Phi) is 5.23. The predicted molar refractivity (Wildman–Crippen MR) is 94.9 cm³/mol. The molecule has 24 heavy (non-hydrogen) atoms. The van der Waals surface area contributed by atoms with Gasteiger partial charge in [0.25, 0.3) is 5.91 Å². The molecule has 0 radical (unpaired) electrons. The summed E-state index contributed by atoms with van der Waals surface area (Å²) in [6.45, 7) is 1.92. The summed E-state index contributed by atoms with van der Waals surface area (Å²) in [5.74, 6) is -0.109. The zero-order valence-corrected chi connectivity index (χ0v) is 14.0. The maximum atomic E-state index is 12.3. The smallest absolute Gasteiger partial charge is 0.251 e. The molecule has 3 rings (SSSR count). The summed E-state index contributed by atoms with van der Waals surface area (Å²) in [6, 6.07) is 18.8. The van der Waals surface area contributed by atoms with Crippen LogP contribution in [0, 0.1) is 0 Å². The number of carbonyl (C=O) groups is 1. The van der Waals surface area contributed by atoms with Gasteiger partial charge < -0.3 is 5.32 Å². The molecular formula is C19H17N3OS. The van der Waals surface area contributed by atoms with Crippen molar-refractivity contribution in [2.24, 2.45) is 0 Å². The molecule has 1 aromatic carbocycles. The van der Waals surface area contributed by atoms with Crippen molar-refractivity contribution in [3.8, 4) is 0 Å². The molecular weight excluding hydrogens is 318 g/mol. The average molecular weight is 335 g/mol. The van der Waals surface area contributed by atoms with E-state index >= 15 is 0 Å². The number of amides is 1. The van der Waals surface area contributed by atoms with Gasteiger partial charge in [-0.25, -0.2) is 4.98 Å². The Morgan fingerprint density at radius 3 is 2.29 bits per heavy atom. The van der Waals surface area contributed by atoms with Crippen molar-refractivity contribution < 1.29 is 4.79 Å². The summed E-state index contributed by atoms with van der Waals surface area (Å²) in [5.41, 5.74) is 1.47. The van der Waals surface area contributed by atoms with Crippen molar-refractivity contribution in [1.29, 1.82) is 0 Å². The minimum atomic E-state index is -0.138. The van der Waals surface area contributed by atoms with E-state index in [1.807, 2.05) is 67.6 Å². The van der Waals surface area contributed by atoms with Gasteiger partial charge in [-0.3, -0.25) is 9.78 Å². The summed E-state index contributed by atoms with van der Waals surface area (Å²) in [4.78, 5) is 21.9. The Hall–Kier alpha value is -2.66. The molecule has 0 fully saturated rings. The highest BCUT2D eigenvalue weighted by molar-refractivity contribution is 7.99. The molecule has 1 amide bonds. The lowest BCUT2D eigenvalue weighted by Crippen LogP contribution is -2.27. The van der Waals surface area contributed by atoms with Crippen LogP contribution in [0.4, 0.5) is 0 Å². The van der Waals surface area contributed by atoms with Gasteiger partial charge in [-0.1, -0.05) is 23.9 Å². The fraction of sp³-hybridized carbons (Fsp3) is 0.105. The topological polar surface area (TPSA) is 54.9 Å². The Labute approximate surface area is 145 Å². The number of benzene rings is 1. The number of hydrogen-bond donors (Lipinski definition) is 1. The van der Waals surface area contributed by atoms with E-state index in [1.54, 1.807) is 24.2 Å². The van der Waals surface area contributed by atoms with Crippen LogP contribution in [0.5, 0.6) is 0 Å². The number of carbonyl (C=O) groups excluding carboxylic acids is 1. The predicted octanol–water partition coefficient (Wildman–Crippen LogP) is 4.12. The molecule has 2 aromatic heterocycles. The lowest BCUT2D eigenvalue weighted by Gasteiger charge is -2.13. The summed E-state index contributed by atoms with van der Waals surface area (Å²) in [7, 11) is 0. The second kappa shape index (κ2) is 7.75. The third kappa shape index (κ3) is 4.20. The third-order valence-corrected chi connectivity index (χ3v) is 4.41. The molecule has 0 saturated carbocycles. The first-order valence-electron chi connectivity index (χ1n) is 7.63. The number of nitrogens with zero attached hydrogens (tertiary/aromatic N) is 2. The molecule has 0 spiro atoms. The molecule has 0 aliphatic carbocycles. The Balaban J connectivity index is 1.63. The van der Waals surface area contributed by atoms with Crippen LogP contribution >= 0.6 is 11.8 Å². The van der Waals surface area contributed by atoms with E-state index in [2.05, 4.69) is 15.3 Å². The standard InChI is InChI=1S/C19H17N3OS/c1-14(17-6-2-4-12-20-17)22-19(23)15-8-10-16(11-9-15)24-18-7-3-5-13-21-18/h2-14H,1H3,(H,22,23)/t14-/m0/s1. The zero-order valence-electron chi connectivity index (χ0n) is 13.2. The van der Waals surface area contributed by atoms with Crippen LogP contribution in [0.1, 0.15) is 29.0 Å². The summed E-state index contributed by atoms with van der Waals surface area (Å²) in [5, 5.41) is 3.89. The SMILES string of the molecule is C[C@H](NC(=O)c1ccc(Sc2ccccn2)cc1)c1ccccn1. The van der Waals surface area contributed by atoms with E-state index in [0.29, 0.717) is 5.56 Å². The molecule has 0 aliphatic rings. The van der Waals surface area contributed by atoms with Crippen LogP contribution in [0.15, 0.2) is 83.0 Å². The lowest BCUT2D eigenvalue weighted by atomic mass is 10.1. The second-order valence-electron chi connectivity index (χ2n) is 5.24. The first-order valence-corrected chi connectivity index (χ1v) is 8.45. The number of rotatable bonds is 5. The minimum Gasteiger partial charge on any atom is -0.344 e. The van der Waals surface area contributed by atoms with Gasteiger partial charge in [0.2, 0.25) is 0 Å². The zero-order chi connectivity index (χ0) is 16.8.